The van der Waals surface area contributed by atoms with Gasteiger partial charge >= 0.3 is 0 Å². The zero-order chi connectivity index (χ0) is 13.0. The van der Waals surface area contributed by atoms with Gasteiger partial charge in [0.25, 0.3) is 0 Å². The van der Waals surface area contributed by atoms with Gasteiger partial charge in [-0.1, -0.05) is 11.6 Å². The minimum atomic E-state index is -0.403. The normalized spacial score (nSPS) is 10.4. The smallest absolute Gasteiger partial charge is 0.167 e. The first-order valence-corrected chi connectivity index (χ1v) is 5.95. The van der Waals surface area contributed by atoms with Crippen LogP contribution in [0.5, 0.6) is 0 Å². The number of likely N-dealkylation sites (N-methyl/N-ethyl adjacent to an activating group) is 1. The molecule has 0 aliphatic heterocycles. The number of pyridine rings is 2. The van der Waals surface area contributed by atoms with Gasteiger partial charge in [-0.3, -0.25) is 4.98 Å². The Hall–Kier alpha value is -1.68. The highest BCUT2D eigenvalue weighted by molar-refractivity contribution is 6.30. The summed E-state index contributed by atoms with van der Waals surface area (Å²) in [6.45, 7) is 0.676. The van der Waals surface area contributed by atoms with Gasteiger partial charge in [-0.2, -0.15) is 0 Å². The van der Waals surface area contributed by atoms with Crippen LogP contribution in [0.4, 0.5) is 10.2 Å². The summed E-state index contributed by atoms with van der Waals surface area (Å²) in [7, 11) is 1.81. The zero-order valence-corrected chi connectivity index (χ0v) is 10.7. The highest BCUT2D eigenvalue weighted by Gasteiger charge is 2.09. The molecule has 18 heavy (non-hydrogen) atoms. The van der Waals surface area contributed by atoms with Crippen molar-refractivity contribution in [3.63, 3.8) is 0 Å². The van der Waals surface area contributed by atoms with E-state index >= 15 is 0 Å². The number of halogens is 2. The van der Waals surface area contributed by atoms with E-state index in [0.29, 0.717) is 17.4 Å². The van der Waals surface area contributed by atoms with Crippen molar-refractivity contribution in [3.8, 4) is 0 Å². The molecule has 0 radical (unpaired) electrons. The number of nitrogens with zero attached hydrogens (tertiary/aromatic N) is 3. The quantitative estimate of drug-likeness (QED) is 0.851. The number of aromatic nitrogens is 2. The van der Waals surface area contributed by atoms with E-state index in [1.165, 1.54) is 12.3 Å². The lowest BCUT2D eigenvalue weighted by Gasteiger charge is -2.18. The number of rotatable bonds is 4. The van der Waals surface area contributed by atoms with Crippen LogP contribution in [0.2, 0.25) is 5.02 Å². The van der Waals surface area contributed by atoms with Gasteiger partial charge in [0.15, 0.2) is 11.6 Å². The highest BCUT2D eigenvalue weighted by atomic mass is 35.5. The molecule has 0 aliphatic rings. The van der Waals surface area contributed by atoms with Gasteiger partial charge < -0.3 is 4.90 Å². The van der Waals surface area contributed by atoms with Crippen molar-refractivity contribution in [2.45, 2.75) is 6.42 Å². The van der Waals surface area contributed by atoms with Crippen molar-refractivity contribution in [1.29, 1.82) is 0 Å². The summed E-state index contributed by atoms with van der Waals surface area (Å²) in [4.78, 5) is 9.72. The van der Waals surface area contributed by atoms with Gasteiger partial charge in [0, 0.05) is 32.2 Å². The lowest BCUT2D eigenvalue weighted by Crippen LogP contribution is -2.22. The van der Waals surface area contributed by atoms with Crippen LogP contribution in [0.15, 0.2) is 36.8 Å². The molecule has 3 nitrogen and oxygen atoms in total. The van der Waals surface area contributed by atoms with E-state index in [2.05, 4.69) is 9.97 Å². The molecule has 0 aliphatic carbocycles. The van der Waals surface area contributed by atoms with Gasteiger partial charge in [0.2, 0.25) is 0 Å². The minimum Gasteiger partial charge on any atom is -0.357 e. The van der Waals surface area contributed by atoms with Crippen LogP contribution >= 0.6 is 11.6 Å². The predicted molar refractivity (Wildman–Crippen MR) is 70.4 cm³/mol. The third-order valence-electron chi connectivity index (χ3n) is 2.64. The molecule has 0 spiro atoms. The summed E-state index contributed by atoms with van der Waals surface area (Å²) in [5.41, 5.74) is 1.16. The molecule has 0 saturated carbocycles. The molecule has 0 bridgehead atoms. The van der Waals surface area contributed by atoms with Crippen molar-refractivity contribution in [3.05, 3.63) is 53.2 Å². The van der Waals surface area contributed by atoms with Gasteiger partial charge in [-0.15, -0.1) is 0 Å². The summed E-state index contributed by atoms with van der Waals surface area (Å²) in [6, 6.07) is 5.16. The van der Waals surface area contributed by atoms with Crippen molar-refractivity contribution in [2.75, 3.05) is 18.5 Å². The zero-order valence-electron chi connectivity index (χ0n) is 9.98. The van der Waals surface area contributed by atoms with Crippen molar-refractivity contribution < 1.29 is 4.39 Å². The fraction of sp³-hybridized carbons (Fsp3) is 0.231. The fourth-order valence-electron chi connectivity index (χ4n) is 1.64. The monoisotopic (exact) mass is 265 g/mol. The van der Waals surface area contributed by atoms with Crippen molar-refractivity contribution in [1.82, 2.24) is 9.97 Å². The molecule has 0 unspecified atom stereocenters. The Morgan fingerprint density at radius 2 is 2.06 bits per heavy atom. The van der Waals surface area contributed by atoms with Crippen LogP contribution in [0, 0.1) is 5.82 Å². The largest absolute Gasteiger partial charge is 0.357 e. The summed E-state index contributed by atoms with van der Waals surface area (Å²) >= 11 is 5.67. The third kappa shape index (κ3) is 3.17. The minimum absolute atomic E-state index is 0.304. The Kier molecular flexibility index (Phi) is 4.10. The summed E-state index contributed by atoms with van der Waals surface area (Å²) in [5.74, 6) is -0.0896. The molecule has 2 heterocycles. The van der Waals surface area contributed by atoms with Gasteiger partial charge in [0.05, 0.1) is 5.02 Å². The van der Waals surface area contributed by atoms with Crippen LogP contribution in [-0.4, -0.2) is 23.6 Å². The SMILES string of the molecule is CN(CCc1ccncc1)c1ncc(Cl)cc1F. The number of hydrogen-bond acceptors (Lipinski definition) is 3. The van der Waals surface area contributed by atoms with E-state index in [1.54, 1.807) is 24.3 Å². The molecule has 2 aromatic heterocycles. The Labute approximate surface area is 110 Å². The van der Waals surface area contributed by atoms with E-state index in [0.717, 1.165) is 12.0 Å². The molecule has 94 valence electrons. The second kappa shape index (κ2) is 5.78. The second-order valence-electron chi connectivity index (χ2n) is 3.99. The van der Waals surface area contributed by atoms with E-state index in [-0.39, 0.29) is 0 Å². The fourth-order valence-corrected chi connectivity index (χ4v) is 1.78. The highest BCUT2D eigenvalue weighted by Crippen LogP contribution is 2.18. The van der Waals surface area contributed by atoms with Crippen LogP contribution in [-0.2, 0) is 6.42 Å². The number of hydrogen-bond donors (Lipinski definition) is 0. The molecule has 0 atom stereocenters. The average Bonchev–Trinajstić information content (AvgIpc) is 2.37. The Balaban J connectivity index is 2.01. The maximum absolute atomic E-state index is 13.6. The Morgan fingerprint density at radius 1 is 1.33 bits per heavy atom. The second-order valence-corrected chi connectivity index (χ2v) is 4.42. The molecular weight excluding hydrogens is 253 g/mol. The molecule has 2 rings (SSSR count). The molecule has 0 saturated heterocycles. The lowest BCUT2D eigenvalue weighted by molar-refractivity contribution is 0.615. The Morgan fingerprint density at radius 3 is 2.72 bits per heavy atom. The van der Waals surface area contributed by atoms with Crippen molar-refractivity contribution >= 4 is 17.4 Å². The van der Waals surface area contributed by atoms with Crippen LogP contribution in [0.1, 0.15) is 5.56 Å². The first-order valence-electron chi connectivity index (χ1n) is 5.58. The maximum Gasteiger partial charge on any atom is 0.167 e. The van der Waals surface area contributed by atoms with E-state index in [9.17, 15) is 4.39 Å². The molecule has 0 aromatic carbocycles. The Bertz CT molecular complexity index is 519. The van der Waals surface area contributed by atoms with Gasteiger partial charge in [0.1, 0.15) is 0 Å². The van der Waals surface area contributed by atoms with Gasteiger partial charge in [-0.25, -0.2) is 9.37 Å². The lowest BCUT2D eigenvalue weighted by atomic mass is 10.2. The van der Waals surface area contributed by atoms with E-state index < -0.39 is 5.82 Å². The molecule has 5 heteroatoms. The summed E-state index contributed by atoms with van der Waals surface area (Å²) in [5, 5.41) is 0.304. The van der Waals surface area contributed by atoms with Crippen LogP contribution in [0.25, 0.3) is 0 Å². The maximum atomic E-state index is 13.6. The van der Waals surface area contributed by atoms with Crippen LogP contribution in [0.3, 0.4) is 0 Å². The molecule has 0 N–H and O–H groups in total. The standard InChI is InChI=1S/C13H13ClFN3/c1-18(7-4-10-2-5-16-6-3-10)13-12(15)8-11(14)9-17-13/h2-3,5-6,8-9H,4,7H2,1H3. The molecular formula is C13H13ClFN3. The topological polar surface area (TPSA) is 29.0 Å². The summed E-state index contributed by atoms with van der Waals surface area (Å²) in [6.07, 6.45) is 5.75. The predicted octanol–water partition coefficient (Wildman–Crippen LogP) is 2.95. The van der Waals surface area contributed by atoms with Crippen LogP contribution < -0.4 is 4.90 Å². The van der Waals surface area contributed by atoms with E-state index in [1.807, 2.05) is 12.1 Å². The van der Waals surface area contributed by atoms with Crippen molar-refractivity contribution in [2.24, 2.45) is 0 Å². The molecule has 0 amide bonds. The van der Waals surface area contributed by atoms with Gasteiger partial charge in [-0.05, 0) is 30.2 Å². The molecule has 0 fully saturated rings. The first kappa shape index (κ1) is 12.8. The number of anilines is 1. The third-order valence-corrected chi connectivity index (χ3v) is 2.84. The van der Waals surface area contributed by atoms with E-state index in [4.69, 9.17) is 11.6 Å². The first-order chi connectivity index (χ1) is 8.66. The average molecular weight is 266 g/mol. The summed E-state index contributed by atoms with van der Waals surface area (Å²) < 4.78 is 13.6. The molecule has 2 aromatic rings.